The maximum atomic E-state index is 13.8. The van der Waals surface area contributed by atoms with E-state index in [0.717, 1.165) is 21.5 Å². The molecule has 0 unspecified atom stereocenters. The van der Waals surface area contributed by atoms with E-state index in [4.69, 9.17) is 21.3 Å². The molecule has 5 nitrogen and oxygen atoms in total. The van der Waals surface area contributed by atoms with Gasteiger partial charge in [0.25, 0.3) is 5.91 Å². The number of anilines is 1. The molecule has 0 saturated carbocycles. The summed E-state index contributed by atoms with van der Waals surface area (Å²) in [6, 6.07) is 26.1. The van der Waals surface area contributed by atoms with Crippen molar-refractivity contribution in [2.45, 2.75) is 13.5 Å². The highest BCUT2D eigenvalue weighted by atomic mass is 35.5. The molecule has 0 fully saturated rings. The molecule has 0 spiro atoms. The number of fused-ring (bicyclic) bond motifs is 1. The van der Waals surface area contributed by atoms with E-state index in [0.29, 0.717) is 27.2 Å². The Morgan fingerprint density at radius 3 is 2.53 bits per heavy atom. The van der Waals surface area contributed by atoms with Crippen molar-refractivity contribution in [2.75, 3.05) is 4.90 Å². The fourth-order valence-corrected chi connectivity index (χ4v) is 4.87. The van der Waals surface area contributed by atoms with E-state index >= 15 is 0 Å². The molecule has 0 N–H and O–H groups in total. The van der Waals surface area contributed by atoms with Crippen LogP contribution in [0.5, 0.6) is 11.5 Å². The fourth-order valence-electron chi connectivity index (χ4n) is 3.56. The summed E-state index contributed by atoms with van der Waals surface area (Å²) in [6.07, 6.45) is 1.71. The second-order valence-corrected chi connectivity index (χ2v) is 9.08. The molecule has 0 radical (unpaired) electrons. The lowest BCUT2D eigenvalue weighted by Crippen LogP contribution is -2.30. The van der Waals surface area contributed by atoms with Gasteiger partial charge in [0.2, 0.25) is 0 Å². The summed E-state index contributed by atoms with van der Waals surface area (Å²) >= 11 is 7.84. The Hall–Kier alpha value is -3.74. The van der Waals surface area contributed by atoms with Crippen LogP contribution in [0.1, 0.15) is 21.6 Å². The number of rotatable bonds is 6. The highest BCUT2D eigenvalue weighted by Gasteiger charge is 2.24. The summed E-state index contributed by atoms with van der Waals surface area (Å²) in [5, 5.41) is 1.18. The van der Waals surface area contributed by atoms with E-state index in [1.165, 1.54) is 11.3 Å². The van der Waals surface area contributed by atoms with Crippen molar-refractivity contribution in [3.8, 4) is 11.5 Å². The van der Waals surface area contributed by atoms with Crippen LogP contribution in [0.2, 0.25) is 5.02 Å². The van der Waals surface area contributed by atoms with Gasteiger partial charge in [-0.3, -0.25) is 14.7 Å². The van der Waals surface area contributed by atoms with Gasteiger partial charge in [0.05, 0.1) is 27.5 Å². The van der Waals surface area contributed by atoms with E-state index in [-0.39, 0.29) is 12.5 Å². The second kappa shape index (κ2) is 9.63. The molecule has 2 heterocycles. The van der Waals surface area contributed by atoms with Gasteiger partial charge in [-0.25, -0.2) is 4.98 Å². The van der Waals surface area contributed by atoms with Gasteiger partial charge in [-0.15, -0.1) is 0 Å². The van der Waals surface area contributed by atoms with Gasteiger partial charge in [-0.2, -0.15) is 0 Å². The van der Waals surface area contributed by atoms with Crippen molar-refractivity contribution in [3.63, 3.8) is 0 Å². The van der Waals surface area contributed by atoms with Gasteiger partial charge >= 0.3 is 0 Å². The lowest BCUT2D eigenvalue weighted by atomic mass is 10.2. The van der Waals surface area contributed by atoms with Crippen molar-refractivity contribution < 1.29 is 9.53 Å². The van der Waals surface area contributed by atoms with Crippen LogP contribution in [0.25, 0.3) is 10.2 Å². The van der Waals surface area contributed by atoms with Gasteiger partial charge in [0.1, 0.15) is 11.5 Å². The van der Waals surface area contributed by atoms with Gasteiger partial charge in [0.15, 0.2) is 5.13 Å². The van der Waals surface area contributed by atoms with Gasteiger partial charge in [0, 0.05) is 11.8 Å². The normalized spacial score (nSPS) is 10.9. The predicted octanol–water partition coefficient (Wildman–Crippen LogP) is 7.29. The third-order valence-corrected chi connectivity index (χ3v) is 6.81. The highest BCUT2D eigenvalue weighted by Crippen LogP contribution is 2.36. The Kier molecular flexibility index (Phi) is 6.25. The summed E-state index contributed by atoms with van der Waals surface area (Å²) in [5.41, 5.74) is 3.05. The molecule has 2 aromatic heterocycles. The monoisotopic (exact) mass is 485 g/mol. The molecule has 0 bridgehead atoms. The summed E-state index contributed by atoms with van der Waals surface area (Å²) < 4.78 is 6.80. The zero-order valence-corrected chi connectivity index (χ0v) is 19.9. The Morgan fingerprint density at radius 1 is 0.971 bits per heavy atom. The highest BCUT2D eigenvalue weighted by molar-refractivity contribution is 7.23. The number of aryl methyl sites for hydroxylation is 1. The number of carbonyl (C=O) groups is 1. The second-order valence-electron chi connectivity index (χ2n) is 7.69. The predicted molar refractivity (Wildman–Crippen MR) is 137 cm³/mol. The molecule has 0 aliphatic rings. The molecule has 3 aromatic carbocycles. The Morgan fingerprint density at radius 2 is 1.76 bits per heavy atom. The minimum Gasteiger partial charge on any atom is -0.457 e. The van der Waals surface area contributed by atoms with Crippen LogP contribution in [-0.2, 0) is 6.54 Å². The number of benzene rings is 3. The van der Waals surface area contributed by atoms with E-state index in [9.17, 15) is 4.79 Å². The first-order valence-corrected chi connectivity index (χ1v) is 11.9. The van der Waals surface area contributed by atoms with Crippen molar-refractivity contribution in [1.29, 1.82) is 0 Å². The molecule has 0 aliphatic carbocycles. The lowest BCUT2D eigenvalue weighted by molar-refractivity contribution is 0.0984. The van der Waals surface area contributed by atoms with Crippen molar-refractivity contribution in [1.82, 2.24) is 9.97 Å². The zero-order chi connectivity index (χ0) is 23.5. The number of nitrogens with zero attached hydrogens (tertiary/aromatic N) is 3. The molecule has 0 saturated heterocycles. The summed E-state index contributed by atoms with van der Waals surface area (Å²) in [6.45, 7) is 2.26. The first-order chi connectivity index (χ1) is 16.6. The number of halogens is 1. The van der Waals surface area contributed by atoms with Crippen LogP contribution in [0.4, 0.5) is 5.13 Å². The molecule has 0 atom stereocenters. The number of thiazole rings is 1. The Bertz CT molecular complexity index is 1420. The van der Waals surface area contributed by atoms with E-state index in [2.05, 4.69) is 4.98 Å². The van der Waals surface area contributed by atoms with Crippen molar-refractivity contribution in [2.24, 2.45) is 0 Å². The van der Waals surface area contributed by atoms with Crippen LogP contribution >= 0.6 is 22.9 Å². The number of hydrogen-bond donors (Lipinski definition) is 0. The first-order valence-electron chi connectivity index (χ1n) is 10.7. The van der Waals surface area contributed by atoms with Crippen LogP contribution in [0.15, 0.2) is 91.1 Å². The number of para-hydroxylation sites is 1. The molecule has 0 aliphatic heterocycles. The van der Waals surface area contributed by atoms with Crippen molar-refractivity contribution in [3.05, 3.63) is 113 Å². The number of carbonyl (C=O) groups excluding carboxylic acids is 1. The van der Waals surface area contributed by atoms with Crippen molar-refractivity contribution >= 4 is 44.2 Å². The Balaban J connectivity index is 1.53. The minimum atomic E-state index is -0.197. The third kappa shape index (κ3) is 4.64. The smallest absolute Gasteiger partial charge is 0.260 e. The zero-order valence-electron chi connectivity index (χ0n) is 18.3. The maximum absolute atomic E-state index is 13.8. The third-order valence-electron chi connectivity index (χ3n) is 5.27. The Labute approximate surface area is 206 Å². The SMILES string of the molecule is Cc1ccc(Cl)c2sc(N(Cc3ccccn3)C(=O)c3cccc(Oc4ccccc4)c3)nc12. The lowest BCUT2D eigenvalue weighted by Gasteiger charge is -2.20. The average molecular weight is 486 g/mol. The summed E-state index contributed by atoms with van der Waals surface area (Å²) in [4.78, 5) is 24.6. The summed E-state index contributed by atoms with van der Waals surface area (Å²) in [5.74, 6) is 1.09. The summed E-state index contributed by atoms with van der Waals surface area (Å²) in [7, 11) is 0. The maximum Gasteiger partial charge on any atom is 0.260 e. The topological polar surface area (TPSA) is 55.3 Å². The van der Waals surface area contributed by atoms with Gasteiger partial charge in [-0.1, -0.05) is 59.3 Å². The number of hydrogen-bond acceptors (Lipinski definition) is 5. The number of amides is 1. The molecule has 5 rings (SSSR count). The van der Waals surface area contributed by atoms with Gasteiger partial charge in [-0.05, 0) is 61.0 Å². The molecular weight excluding hydrogens is 466 g/mol. The number of ether oxygens (including phenoxy) is 1. The van der Waals surface area contributed by atoms with Crippen LogP contribution < -0.4 is 9.64 Å². The standard InChI is InChI=1S/C27H20ClN3O2S/c1-18-13-14-23(28)25-24(18)30-27(34-25)31(17-20-9-5-6-15-29-20)26(32)19-8-7-12-22(16-19)33-21-10-3-2-4-11-21/h2-16H,17H2,1H3. The average Bonchev–Trinajstić information content (AvgIpc) is 3.33. The first kappa shape index (κ1) is 22.1. The minimum absolute atomic E-state index is 0.197. The van der Waals surface area contributed by atoms with E-state index in [1.54, 1.807) is 23.2 Å². The molecule has 5 aromatic rings. The van der Waals surface area contributed by atoms with Crippen LogP contribution in [0.3, 0.4) is 0 Å². The molecule has 7 heteroatoms. The van der Waals surface area contributed by atoms with Gasteiger partial charge < -0.3 is 4.74 Å². The number of pyridine rings is 1. The number of aromatic nitrogens is 2. The molecular formula is C27H20ClN3O2S. The molecule has 1 amide bonds. The fraction of sp³-hybridized carbons (Fsp3) is 0.0741. The van der Waals surface area contributed by atoms with Crippen LogP contribution in [0, 0.1) is 6.92 Å². The van der Waals surface area contributed by atoms with E-state index in [1.807, 2.05) is 79.7 Å². The molecule has 168 valence electrons. The van der Waals surface area contributed by atoms with E-state index < -0.39 is 0 Å². The quantitative estimate of drug-likeness (QED) is 0.253. The largest absolute Gasteiger partial charge is 0.457 e. The molecule has 34 heavy (non-hydrogen) atoms. The van der Waals surface area contributed by atoms with Crippen LogP contribution in [-0.4, -0.2) is 15.9 Å².